The number of carbonyl (C=O) groups excluding carboxylic acids is 1. The molecule has 0 heterocycles. The van der Waals surface area contributed by atoms with Gasteiger partial charge in [0.15, 0.2) is 5.75 Å². The zero-order chi connectivity index (χ0) is 13.8. The number of benzene rings is 1. The zero-order valence-electron chi connectivity index (χ0n) is 8.22. The van der Waals surface area contributed by atoms with E-state index in [1.165, 1.54) is 0 Å². The number of Topliss-reactive ketones (excluding diaryl/α,β-unsaturated/α-hetero) is 1. The third-order valence-corrected chi connectivity index (χ3v) is 1.58. The van der Waals surface area contributed by atoms with Crippen LogP contribution in [0.15, 0.2) is 30.3 Å². The van der Waals surface area contributed by atoms with E-state index >= 15 is 0 Å². The zero-order valence-corrected chi connectivity index (χ0v) is 10.1. The topological polar surface area (TPSA) is 17.1 Å². The van der Waals surface area contributed by atoms with Crippen LogP contribution >= 0.6 is 7.81 Å². The summed E-state index contributed by atoms with van der Waals surface area (Å²) < 4.78 is 59.2. The van der Waals surface area contributed by atoms with Crippen LogP contribution in [0.25, 0.3) is 0 Å². The number of halogens is 6. The molecule has 0 unspecified atom stereocenters. The maximum atomic E-state index is 11.0. The number of hydrogen-bond donors (Lipinski definition) is 0. The van der Waals surface area contributed by atoms with Gasteiger partial charge in [0.25, 0.3) is 0 Å². The maximum Gasteiger partial charge on any atom is 0.211 e. The second kappa shape index (κ2) is 4.49. The van der Waals surface area contributed by atoms with Gasteiger partial charge < -0.3 is 0 Å². The Morgan fingerprint density at radius 3 is 1.65 bits per heavy atom. The van der Waals surface area contributed by atoms with Gasteiger partial charge in [-0.3, -0.25) is 4.79 Å². The Kier molecular flexibility index (Phi) is 4.30. The number of carbonyl (C=O) groups is 1. The SMILES string of the molecule is F[P-](F)(F)(F)(F)F.O=C(C[SH2+])c1ccccc1. The van der Waals surface area contributed by atoms with Gasteiger partial charge in [-0.1, -0.05) is 30.3 Å². The van der Waals surface area contributed by atoms with E-state index in [1.54, 1.807) is 0 Å². The van der Waals surface area contributed by atoms with E-state index in [1.807, 2.05) is 30.3 Å². The maximum absolute atomic E-state index is 11.0. The van der Waals surface area contributed by atoms with Crippen molar-refractivity contribution in [1.82, 2.24) is 0 Å². The molecule has 100 valence electrons. The smallest absolute Gasteiger partial charge is 0.211 e. The summed E-state index contributed by atoms with van der Waals surface area (Å²) in [4.78, 5) is 11.0. The Morgan fingerprint density at radius 2 is 1.35 bits per heavy atom. The molecule has 0 spiro atoms. The van der Waals surface area contributed by atoms with Crippen LogP contribution in [0.2, 0.25) is 0 Å². The molecule has 0 aliphatic rings. The second-order valence-electron chi connectivity index (χ2n) is 2.92. The monoisotopic (exact) mass is 298 g/mol. The summed E-state index contributed by atoms with van der Waals surface area (Å²) in [6, 6.07) is 9.22. The predicted molar refractivity (Wildman–Crippen MR) is 59.4 cm³/mol. The summed E-state index contributed by atoms with van der Waals surface area (Å²) in [6.45, 7) is 0. The largest absolute Gasteiger partial charge is 0.289 e. The molecule has 17 heavy (non-hydrogen) atoms. The molecule has 9 heteroatoms. The Bertz CT molecular complexity index is 375. The van der Waals surface area contributed by atoms with Crippen LogP contribution in [-0.2, 0) is 12.6 Å². The van der Waals surface area contributed by atoms with Gasteiger partial charge in [-0.05, 0) is 12.6 Å². The first-order valence-corrected chi connectivity index (χ1v) is 6.82. The summed E-state index contributed by atoms with van der Waals surface area (Å²) >= 11 is 3.15. The number of rotatable bonds is 2. The quantitative estimate of drug-likeness (QED) is 0.345. The molecule has 0 saturated heterocycles. The molecule has 0 N–H and O–H groups in total. The molecule has 1 nitrogen and oxygen atoms in total. The molecular formula is C8H9F6OPS. The van der Waals surface area contributed by atoms with Crippen molar-refractivity contribution in [3.8, 4) is 0 Å². The van der Waals surface area contributed by atoms with Crippen LogP contribution < -0.4 is 0 Å². The third kappa shape index (κ3) is 15.2. The van der Waals surface area contributed by atoms with Crippen LogP contribution in [0.1, 0.15) is 10.4 Å². The molecule has 0 aromatic heterocycles. The summed E-state index contributed by atoms with van der Waals surface area (Å²) in [5.41, 5.74) is 0.762. The van der Waals surface area contributed by atoms with E-state index in [9.17, 15) is 30.0 Å². The third-order valence-electron chi connectivity index (χ3n) is 1.26. The fourth-order valence-electron chi connectivity index (χ4n) is 0.726. The average molecular weight is 298 g/mol. The van der Waals surface area contributed by atoms with Crippen molar-refractivity contribution in [3.63, 3.8) is 0 Å². The Balaban J connectivity index is 0.000000325. The van der Waals surface area contributed by atoms with E-state index < -0.39 is 7.81 Å². The van der Waals surface area contributed by atoms with Gasteiger partial charge in [-0.2, -0.15) is 0 Å². The van der Waals surface area contributed by atoms with E-state index in [0.29, 0.717) is 5.75 Å². The van der Waals surface area contributed by atoms with Gasteiger partial charge in [-0.15, -0.1) is 0 Å². The summed E-state index contributed by atoms with van der Waals surface area (Å²) in [7, 11) is -10.7. The molecule has 0 bridgehead atoms. The minimum Gasteiger partial charge on any atom is -0.289 e. The van der Waals surface area contributed by atoms with Crippen molar-refractivity contribution in [3.05, 3.63) is 35.9 Å². The second-order valence-corrected chi connectivity index (χ2v) is 5.19. The number of ketones is 1. The molecule has 0 amide bonds. The molecule has 1 aromatic carbocycles. The van der Waals surface area contributed by atoms with Crippen LogP contribution in [0, 0.1) is 0 Å². The Morgan fingerprint density at radius 1 is 1.00 bits per heavy atom. The summed E-state index contributed by atoms with van der Waals surface area (Å²) in [5.74, 6) is 0.515. The van der Waals surface area contributed by atoms with E-state index in [2.05, 4.69) is 12.6 Å². The average Bonchev–Trinajstić information content (AvgIpc) is 2.13. The fourth-order valence-corrected chi connectivity index (χ4v) is 0.930. The minimum atomic E-state index is -10.7. The molecule has 1 rings (SSSR count). The van der Waals surface area contributed by atoms with E-state index in [-0.39, 0.29) is 5.78 Å². The molecule has 0 fully saturated rings. The standard InChI is InChI=1S/C8H8OS.F6P/c9-8(6-10)7-4-2-1-3-5-7;1-7(2,3,4,5)6/h1-5,10H,6H2;/q;-1/p+1. The summed E-state index contributed by atoms with van der Waals surface area (Å²) in [6.07, 6.45) is 0. The molecule has 0 aliphatic carbocycles. The minimum absolute atomic E-state index is 0.122. The Labute approximate surface area is 98.5 Å². The molecule has 0 radical (unpaired) electrons. The molecule has 0 saturated carbocycles. The molecule has 0 aliphatic heterocycles. The molecule has 1 aromatic rings. The van der Waals surface area contributed by atoms with Crippen molar-refractivity contribution in [2.45, 2.75) is 0 Å². The molecular weight excluding hydrogens is 289 g/mol. The van der Waals surface area contributed by atoms with Crippen molar-refractivity contribution in [2.75, 3.05) is 5.75 Å². The van der Waals surface area contributed by atoms with Crippen LogP contribution in [-0.4, -0.2) is 11.5 Å². The van der Waals surface area contributed by atoms with Crippen molar-refractivity contribution >= 4 is 26.2 Å². The van der Waals surface area contributed by atoms with Gasteiger partial charge in [0.2, 0.25) is 5.78 Å². The first kappa shape index (κ1) is 16.2. The van der Waals surface area contributed by atoms with Gasteiger partial charge in [0.1, 0.15) is 0 Å². The van der Waals surface area contributed by atoms with Crippen molar-refractivity contribution in [2.24, 2.45) is 0 Å². The van der Waals surface area contributed by atoms with Crippen LogP contribution in [0.4, 0.5) is 25.2 Å². The predicted octanol–water partition coefficient (Wildman–Crippen LogP) is 4.26. The van der Waals surface area contributed by atoms with Crippen LogP contribution in [0.3, 0.4) is 0 Å². The van der Waals surface area contributed by atoms with Gasteiger partial charge >= 0.3 is 33.0 Å². The number of hydrogen-bond acceptors (Lipinski definition) is 1. The van der Waals surface area contributed by atoms with E-state index in [4.69, 9.17) is 0 Å². The normalized spacial score (nSPS) is 15.0. The van der Waals surface area contributed by atoms with Crippen molar-refractivity contribution in [1.29, 1.82) is 0 Å². The van der Waals surface area contributed by atoms with Gasteiger partial charge in [0.05, 0.1) is 0 Å². The Hall–Kier alpha value is -0.750. The van der Waals surface area contributed by atoms with Gasteiger partial charge in [-0.25, -0.2) is 0 Å². The fraction of sp³-hybridized carbons (Fsp3) is 0.125. The molecule has 0 atom stereocenters. The van der Waals surface area contributed by atoms with Gasteiger partial charge in [0, 0.05) is 5.56 Å². The van der Waals surface area contributed by atoms with Crippen LogP contribution in [0.5, 0.6) is 0 Å². The van der Waals surface area contributed by atoms with E-state index in [0.717, 1.165) is 5.56 Å². The first-order valence-electron chi connectivity index (χ1n) is 4.09. The summed E-state index contributed by atoms with van der Waals surface area (Å²) in [5, 5.41) is 0. The van der Waals surface area contributed by atoms with Crippen molar-refractivity contribution < 1.29 is 30.0 Å². The first-order chi connectivity index (χ1) is 7.29.